The number of benzene rings is 2. The van der Waals surface area contributed by atoms with E-state index in [1.165, 1.54) is 18.3 Å². The van der Waals surface area contributed by atoms with E-state index in [0.29, 0.717) is 28.7 Å². The van der Waals surface area contributed by atoms with Crippen molar-refractivity contribution in [2.75, 3.05) is 11.9 Å². The zero-order chi connectivity index (χ0) is 20.5. The van der Waals surface area contributed by atoms with Crippen LogP contribution >= 0.6 is 0 Å². The second-order valence-electron chi connectivity index (χ2n) is 6.62. The predicted octanol–water partition coefficient (Wildman–Crippen LogP) is 4.23. The monoisotopic (exact) mass is 393 g/mol. The molecule has 0 radical (unpaired) electrons. The van der Waals surface area contributed by atoms with Gasteiger partial charge in [-0.2, -0.15) is 14.0 Å². The molecule has 0 aliphatic carbocycles. The van der Waals surface area contributed by atoms with Gasteiger partial charge in [0.15, 0.2) is 0 Å². The molecule has 8 heteroatoms. The third-order valence-corrected chi connectivity index (χ3v) is 4.80. The summed E-state index contributed by atoms with van der Waals surface area (Å²) in [5.74, 6) is 0.823. The number of halogens is 2. The van der Waals surface area contributed by atoms with Crippen molar-refractivity contribution >= 4 is 27.6 Å². The van der Waals surface area contributed by atoms with Gasteiger partial charge < -0.3 is 14.2 Å². The van der Waals surface area contributed by atoms with Gasteiger partial charge in [0.05, 0.1) is 34.3 Å². The summed E-state index contributed by atoms with van der Waals surface area (Å²) >= 11 is 0. The Balaban J connectivity index is 1.80. The minimum absolute atomic E-state index is 0.0155. The van der Waals surface area contributed by atoms with Gasteiger partial charge in [-0.15, -0.1) is 0 Å². The Bertz CT molecular complexity index is 1250. The summed E-state index contributed by atoms with van der Waals surface area (Å²) in [7, 11) is 3.76. The van der Waals surface area contributed by atoms with Crippen molar-refractivity contribution in [1.29, 1.82) is 5.26 Å². The maximum atomic E-state index is 12.6. The summed E-state index contributed by atoms with van der Waals surface area (Å²) in [5.41, 5.74) is 3.39. The number of anilines is 1. The molecule has 0 spiro atoms. The summed E-state index contributed by atoms with van der Waals surface area (Å²) in [5, 5.41) is 10.1. The minimum atomic E-state index is -2.93. The van der Waals surface area contributed by atoms with Crippen LogP contribution in [0.1, 0.15) is 11.4 Å². The number of nitriles is 1. The lowest BCUT2D eigenvalue weighted by atomic mass is 10.1. The number of fused-ring (bicyclic) bond motifs is 2. The van der Waals surface area contributed by atoms with Crippen molar-refractivity contribution in [3.8, 4) is 11.8 Å². The number of ether oxygens (including phenoxy) is 1. The number of aromatic nitrogens is 3. The Hall–Kier alpha value is -3.73. The zero-order valence-corrected chi connectivity index (χ0v) is 15.8. The molecule has 4 rings (SSSR count). The third kappa shape index (κ3) is 3.43. The number of hydrogen-bond acceptors (Lipinski definition) is 5. The molecule has 0 aliphatic heterocycles. The Kier molecular flexibility index (Phi) is 4.72. The smallest absolute Gasteiger partial charge is 0.387 e. The second-order valence-corrected chi connectivity index (χ2v) is 6.62. The molecule has 0 saturated heterocycles. The van der Waals surface area contributed by atoms with Gasteiger partial charge in [0.25, 0.3) is 0 Å². The molecule has 0 atom stereocenters. The molecule has 0 amide bonds. The molecule has 146 valence electrons. The van der Waals surface area contributed by atoms with Gasteiger partial charge in [-0.3, -0.25) is 4.98 Å². The molecule has 4 aromatic rings. The number of pyridine rings is 1. The number of hydrogen-bond donors (Lipinski definition) is 0. The molecule has 0 N–H and O–H groups in total. The van der Waals surface area contributed by atoms with E-state index in [1.807, 2.05) is 47.8 Å². The molecule has 0 saturated carbocycles. The van der Waals surface area contributed by atoms with Crippen molar-refractivity contribution in [3.63, 3.8) is 0 Å². The first-order chi connectivity index (χ1) is 14.0. The molecule has 0 aliphatic rings. The van der Waals surface area contributed by atoms with E-state index in [4.69, 9.17) is 0 Å². The molecular weight excluding hydrogens is 376 g/mol. The highest BCUT2D eigenvalue weighted by molar-refractivity contribution is 5.95. The highest BCUT2D eigenvalue weighted by Crippen LogP contribution is 2.32. The van der Waals surface area contributed by atoms with Gasteiger partial charge in [0.2, 0.25) is 0 Å². The van der Waals surface area contributed by atoms with Crippen LogP contribution in [0.2, 0.25) is 0 Å². The molecule has 0 unspecified atom stereocenters. The van der Waals surface area contributed by atoms with Crippen LogP contribution < -0.4 is 9.64 Å². The molecule has 0 fully saturated rings. The molecular formula is C21H17F2N5O. The largest absolute Gasteiger partial charge is 0.435 e. The normalized spacial score (nSPS) is 11.2. The lowest BCUT2D eigenvalue weighted by Crippen LogP contribution is -2.20. The number of alkyl halides is 2. The molecule has 29 heavy (non-hydrogen) atoms. The quantitative estimate of drug-likeness (QED) is 0.508. The fraction of sp³-hybridized carbons (Fsp3) is 0.190. The summed E-state index contributed by atoms with van der Waals surface area (Å²) < 4.78 is 31.8. The first-order valence-corrected chi connectivity index (χ1v) is 8.87. The van der Waals surface area contributed by atoms with Gasteiger partial charge >= 0.3 is 6.61 Å². The Morgan fingerprint density at radius 3 is 2.72 bits per heavy atom. The SMILES string of the molecule is CN(Cc1nc2ccccc2n1C)c1c(C#N)cnc2ccc(OC(F)F)cc12. The van der Waals surface area contributed by atoms with E-state index in [2.05, 4.69) is 20.8 Å². The molecule has 2 aromatic carbocycles. The van der Waals surface area contributed by atoms with Crippen LogP contribution in [0.25, 0.3) is 21.9 Å². The van der Waals surface area contributed by atoms with Crippen LogP contribution in [0.5, 0.6) is 5.75 Å². The first-order valence-electron chi connectivity index (χ1n) is 8.87. The van der Waals surface area contributed by atoms with E-state index < -0.39 is 6.61 Å². The number of aryl methyl sites for hydroxylation is 1. The number of rotatable bonds is 5. The molecule has 2 aromatic heterocycles. The van der Waals surface area contributed by atoms with Gasteiger partial charge in [-0.25, -0.2) is 4.98 Å². The van der Waals surface area contributed by atoms with Gasteiger partial charge in [0, 0.05) is 25.7 Å². The second kappa shape index (κ2) is 7.36. The van der Waals surface area contributed by atoms with Gasteiger partial charge in [-0.1, -0.05) is 12.1 Å². The maximum Gasteiger partial charge on any atom is 0.387 e. The number of para-hydroxylation sites is 2. The predicted molar refractivity (Wildman–Crippen MR) is 106 cm³/mol. The van der Waals surface area contributed by atoms with Crippen molar-refractivity contribution < 1.29 is 13.5 Å². The minimum Gasteiger partial charge on any atom is -0.435 e. The van der Waals surface area contributed by atoms with Crippen LogP contribution in [0, 0.1) is 11.3 Å². The van der Waals surface area contributed by atoms with Gasteiger partial charge in [0.1, 0.15) is 17.6 Å². The van der Waals surface area contributed by atoms with E-state index in [-0.39, 0.29) is 5.75 Å². The standard InChI is InChI=1S/C21H17F2N5O/c1-27(12-19-26-17-5-3-4-6-18(17)28(19)2)20-13(10-24)11-25-16-8-7-14(9-15(16)20)29-21(22)23/h3-9,11,21H,12H2,1-2H3. The first kappa shape index (κ1) is 18.6. The zero-order valence-electron chi connectivity index (χ0n) is 15.8. The van der Waals surface area contributed by atoms with Crippen molar-refractivity contribution in [2.45, 2.75) is 13.2 Å². The van der Waals surface area contributed by atoms with Crippen LogP contribution in [0.3, 0.4) is 0 Å². The topological polar surface area (TPSA) is 67.0 Å². The van der Waals surface area contributed by atoms with Crippen LogP contribution in [0.4, 0.5) is 14.5 Å². The van der Waals surface area contributed by atoms with Crippen LogP contribution in [0.15, 0.2) is 48.7 Å². The van der Waals surface area contributed by atoms with Crippen LogP contribution in [-0.4, -0.2) is 28.2 Å². The summed E-state index contributed by atoms with van der Waals surface area (Å²) in [4.78, 5) is 10.8. The lowest BCUT2D eigenvalue weighted by Gasteiger charge is -2.22. The average molecular weight is 393 g/mol. The van der Waals surface area contributed by atoms with Gasteiger partial charge in [-0.05, 0) is 30.3 Å². The van der Waals surface area contributed by atoms with Crippen LogP contribution in [-0.2, 0) is 13.6 Å². The highest BCUT2D eigenvalue weighted by atomic mass is 19.3. The van der Waals surface area contributed by atoms with Crippen molar-refractivity contribution in [1.82, 2.24) is 14.5 Å². The molecule has 6 nitrogen and oxygen atoms in total. The molecule has 2 heterocycles. The summed E-state index contributed by atoms with van der Waals surface area (Å²) in [6.45, 7) is -2.51. The summed E-state index contributed by atoms with van der Waals surface area (Å²) in [6.07, 6.45) is 1.48. The molecule has 0 bridgehead atoms. The third-order valence-electron chi connectivity index (χ3n) is 4.80. The van der Waals surface area contributed by atoms with E-state index >= 15 is 0 Å². The number of imidazole rings is 1. The maximum absolute atomic E-state index is 12.6. The van der Waals surface area contributed by atoms with E-state index in [0.717, 1.165) is 16.9 Å². The Morgan fingerprint density at radius 1 is 1.21 bits per heavy atom. The highest BCUT2D eigenvalue weighted by Gasteiger charge is 2.17. The fourth-order valence-corrected chi connectivity index (χ4v) is 3.45. The fourth-order valence-electron chi connectivity index (χ4n) is 3.45. The Labute approximate surface area is 165 Å². The van der Waals surface area contributed by atoms with Crippen molar-refractivity contribution in [3.05, 3.63) is 60.0 Å². The Morgan fingerprint density at radius 2 is 2.00 bits per heavy atom. The average Bonchev–Trinajstić information content (AvgIpc) is 3.02. The van der Waals surface area contributed by atoms with E-state index in [1.54, 1.807) is 6.07 Å². The summed E-state index contributed by atoms with van der Waals surface area (Å²) in [6, 6.07) is 14.5. The van der Waals surface area contributed by atoms with Crippen molar-refractivity contribution in [2.24, 2.45) is 7.05 Å². The number of nitrogens with zero attached hydrogens (tertiary/aromatic N) is 5. The lowest BCUT2D eigenvalue weighted by molar-refractivity contribution is -0.0497. The van der Waals surface area contributed by atoms with E-state index in [9.17, 15) is 14.0 Å².